The summed E-state index contributed by atoms with van der Waals surface area (Å²) < 4.78 is 5.81. The van der Waals surface area contributed by atoms with Crippen LogP contribution in [0.4, 0.5) is 0 Å². The Morgan fingerprint density at radius 3 is 2.20 bits per heavy atom. The van der Waals surface area contributed by atoms with Crippen molar-refractivity contribution >= 4 is 5.97 Å². The van der Waals surface area contributed by atoms with Gasteiger partial charge in [-0.2, -0.15) is 0 Å². The third kappa shape index (κ3) is 2.41. The van der Waals surface area contributed by atoms with Crippen molar-refractivity contribution in [3.05, 3.63) is 30.3 Å². The molecule has 3 aliphatic rings. The SMILES string of the molecule is O=C(O)C12CCC(CCOc3ccccc3)(CC1)CC2. The number of carboxylic acid groups (broad SMARTS) is 1. The smallest absolute Gasteiger partial charge is 0.309 e. The van der Waals surface area contributed by atoms with Gasteiger partial charge in [0.1, 0.15) is 5.75 Å². The van der Waals surface area contributed by atoms with Crippen LogP contribution in [0.2, 0.25) is 0 Å². The first kappa shape index (κ1) is 13.5. The van der Waals surface area contributed by atoms with Crippen LogP contribution in [-0.2, 0) is 4.79 Å². The number of carboxylic acids is 1. The minimum absolute atomic E-state index is 0.339. The molecule has 0 unspecified atom stereocenters. The van der Waals surface area contributed by atoms with Crippen molar-refractivity contribution in [2.24, 2.45) is 10.8 Å². The van der Waals surface area contributed by atoms with Crippen molar-refractivity contribution in [3.8, 4) is 5.75 Å². The van der Waals surface area contributed by atoms with Gasteiger partial charge in [-0.3, -0.25) is 4.79 Å². The second-order valence-electron chi connectivity index (χ2n) is 6.50. The van der Waals surface area contributed by atoms with Crippen LogP contribution in [-0.4, -0.2) is 17.7 Å². The summed E-state index contributed by atoms with van der Waals surface area (Å²) in [6.07, 6.45) is 6.78. The first-order valence-electron chi connectivity index (χ1n) is 7.56. The normalized spacial score (nSPS) is 32.0. The van der Waals surface area contributed by atoms with E-state index in [4.69, 9.17) is 4.74 Å². The molecule has 3 aliphatic carbocycles. The van der Waals surface area contributed by atoms with Crippen LogP contribution in [0, 0.1) is 10.8 Å². The Bertz CT molecular complexity index is 456. The highest BCUT2D eigenvalue weighted by Gasteiger charge is 2.52. The van der Waals surface area contributed by atoms with Crippen molar-refractivity contribution in [2.45, 2.75) is 44.9 Å². The number of rotatable bonds is 5. The number of benzene rings is 1. The molecule has 1 aromatic carbocycles. The maximum absolute atomic E-state index is 11.4. The van der Waals surface area contributed by atoms with Crippen molar-refractivity contribution in [2.75, 3.05) is 6.61 Å². The van der Waals surface area contributed by atoms with E-state index in [9.17, 15) is 9.90 Å². The topological polar surface area (TPSA) is 46.5 Å². The largest absolute Gasteiger partial charge is 0.494 e. The average molecular weight is 274 g/mol. The monoisotopic (exact) mass is 274 g/mol. The molecule has 4 rings (SSSR count). The predicted molar refractivity (Wildman–Crippen MR) is 76.8 cm³/mol. The van der Waals surface area contributed by atoms with Gasteiger partial charge < -0.3 is 9.84 Å². The van der Waals surface area contributed by atoms with Gasteiger partial charge in [0.25, 0.3) is 0 Å². The molecule has 0 aromatic heterocycles. The molecule has 3 saturated carbocycles. The Morgan fingerprint density at radius 2 is 1.65 bits per heavy atom. The van der Waals surface area contributed by atoms with Gasteiger partial charge >= 0.3 is 5.97 Å². The number of para-hydroxylation sites is 1. The van der Waals surface area contributed by atoms with Gasteiger partial charge in [-0.05, 0) is 62.5 Å². The van der Waals surface area contributed by atoms with Crippen molar-refractivity contribution < 1.29 is 14.6 Å². The zero-order valence-corrected chi connectivity index (χ0v) is 11.8. The van der Waals surface area contributed by atoms with Crippen molar-refractivity contribution in [3.63, 3.8) is 0 Å². The highest BCUT2D eigenvalue weighted by atomic mass is 16.5. The zero-order chi connectivity index (χ0) is 14.1. The Balaban J connectivity index is 1.54. The van der Waals surface area contributed by atoms with E-state index in [0.29, 0.717) is 5.41 Å². The fraction of sp³-hybridized carbons (Fsp3) is 0.588. The lowest BCUT2D eigenvalue weighted by Crippen LogP contribution is -2.46. The molecular formula is C17H22O3. The molecule has 1 N–H and O–H groups in total. The van der Waals surface area contributed by atoms with Gasteiger partial charge in [-0.25, -0.2) is 0 Å². The quantitative estimate of drug-likeness (QED) is 0.886. The molecule has 3 heteroatoms. The molecule has 2 bridgehead atoms. The third-order valence-corrected chi connectivity index (χ3v) is 5.50. The molecular weight excluding hydrogens is 252 g/mol. The maximum Gasteiger partial charge on any atom is 0.309 e. The number of ether oxygens (including phenoxy) is 1. The molecule has 0 radical (unpaired) electrons. The molecule has 20 heavy (non-hydrogen) atoms. The number of aliphatic carboxylic acids is 1. The second kappa shape index (κ2) is 5.12. The highest BCUT2D eigenvalue weighted by molar-refractivity contribution is 5.75. The molecule has 1 aromatic rings. The lowest BCUT2D eigenvalue weighted by molar-refractivity contribution is -0.159. The number of hydrogen-bond acceptors (Lipinski definition) is 2. The van der Waals surface area contributed by atoms with Gasteiger partial charge in [0.05, 0.1) is 12.0 Å². The second-order valence-corrected chi connectivity index (χ2v) is 6.50. The molecule has 0 atom stereocenters. The van der Waals surface area contributed by atoms with Gasteiger partial charge in [-0.15, -0.1) is 0 Å². The summed E-state index contributed by atoms with van der Waals surface area (Å²) in [5, 5.41) is 9.40. The minimum Gasteiger partial charge on any atom is -0.494 e. The molecule has 108 valence electrons. The Hall–Kier alpha value is -1.51. The van der Waals surface area contributed by atoms with E-state index >= 15 is 0 Å². The third-order valence-electron chi connectivity index (χ3n) is 5.50. The Labute approximate surface area is 120 Å². The summed E-state index contributed by atoms with van der Waals surface area (Å²) in [5.74, 6) is 0.349. The molecule has 3 fully saturated rings. The van der Waals surface area contributed by atoms with Gasteiger partial charge in [-0.1, -0.05) is 18.2 Å². The van der Waals surface area contributed by atoms with E-state index in [2.05, 4.69) is 0 Å². The van der Waals surface area contributed by atoms with E-state index < -0.39 is 11.4 Å². The fourth-order valence-corrected chi connectivity index (χ4v) is 3.86. The summed E-state index contributed by atoms with van der Waals surface area (Å²) in [5.41, 5.74) is -0.0615. The van der Waals surface area contributed by atoms with Gasteiger partial charge in [0.2, 0.25) is 0 Å². The Kier molecular flexibility index (Phi) is 3.45. The Morgan fingerprint density at radius 1 is 1.05 bits per heavy atom. The highest BCUT2D eigenvalue weighted by Crippen LogP contribution is 2.58. The van der Waals surface area contributed by atoms with E-state index in [1.807, 2.05) is 30.3 Å². The number of carbonyl (C=O) groups is 1. The molecule has 0 heterocycles. The van der Waals surface area contributed by atoms with Crippen LogP contribution in [0.15, 0.2) is 30.3 Å². The van der Waals surface area contributed by atoms with Crippen molar-refractivity contribution in [1.82, 2.24) is 0 Å². The van der Waals surface area contributed by atoms with Gasteiger partial charge in [0.15, 0.2) is 0 Å². The number of hydrogen-bond donors (Lipinski definition) is 1. The van der Waals surface area contributed by atoms with E-state index in [0.717, 1.165) is 57.3 Å². The van der Waals surface area contributed by atoms with E-state index in [1.165, 1.54) is 0 Å². The first-order chi connectivity index (χ1) is 9.64. The van der Waals surface area contributed by atoms with E-state index in [1.54, 1.807) is 0 Å². The van der Waals surface area contributed by atoms with Crippen LogP contribution >= 0.6 is 0 Å². The minimum atomic E-state index is -0.577. The van der Waals surface area contributed by atoms with Crippen LogP contribution in [0.3, 0.4) is 0 Å². The summed E-state index contributed by atoms with van der Waals surface area (Å²) >= 11 is 0. The fourth-order valence-electron chi connectivity index (χ4n) is 3.86. The number of fused-ring (bicyclic) bond motifs is 3. The predicted octanol–water partition coefficient (Wildman–Crippen LogP) is 3.88. The molecule has 0 amide bonds. The van der Waals surface area contributed by atoms with Crippen LogP contribution in [0.5, 0.6) is 5.75 Å². The average Bonchev–Trinajstić information content (AvgIpc) is 2.50. The molecule has 3 nitrogen and oxygen atoms in total. The standard InChI is InChI=1S/C17H22O3/c18-15(19)17-9-6-16(7-10-17,8-11-17)12-13-20-14-4-2-1-3-5-14/h1-5H,6-13H2,(H,18,19). The van der Waals surface area contributed by atoms with Crippen LogP contribution < -0.4 is 4.74 Å². The zero-order valence-electron chi connectivity index (χ0n) is 11.8. The van der Waals surface area contributed by atoms with Gasteiger partial charge in [0, 0.05) is 0 Å². The lowest BCUT2D eigenvalue weighted by atomic mass is 9.53. The van der Waals surface area contributed by atoms with Crippen LogP contribution in [0.1, 0.15) is 44.9 Å². The molecule has 0 aliphatic heterocycles. The molecule has 0 spiro atoms. The first-order valence-corrected chi connectivity index (χ1v) is 7.56. The lowest BCUT2D eigenvalue weighted by Gasteiger charge is -2.51. The summed E-state index contributed by atoms with van der Waals surface area (Å²) in [4.78, 5) is 11.4. The van der Waals surface area contributed by atoms with Crippen LogP contribution in [0.25, 0.3) is 0 Å². The van der Waals surface area contributed by atoms with Crippen molar-refractivity contribution in [1.29, 1.82) is 0 Å². The maximum atomic E-state index is 11.4. The molecule has 0 saturated heterocycles. The summed E-state index contributed by atoms with van der Waals surface area (Å²) in [6.45, 7) is 0.740. The summed E-state index contributed by atoms with van der Waals surface area (Å²) in [7, 11) is 0. The summed E-state index contributed by atoms with van der Waals surface area (Å²) in [6, 6.07) is 9.91. The van der Waals surface area contributed by atoms with E-state index in [-0.39, 0.29) is 0 Å².